The first-order valence-corrected chi connectivity index (χ1v) is 9.50. The van der Waals surface area contributed by atoms with Crippen LogP contribution in [0.3, 0.4) is 0 Å². The molecule has 1 aliphatic rings. The van der Waals surface area contributed by atoms with E-state index in [1.54, 1.807) is 7.11 Å². The molecular weight excluding hydrogens is 354 g/mol. The Kier molecular flexibility index (Phi) is 4.86. The summed E-state index contributed by atoms with van der Waals surface area (Å²) in [7, 11) is 1.67. The number of thiocarbonyl (C=S) groups is 1. The van der Waals surface area contributed by atoms with E-state index in [0.717, 1.165) is 29.6 Å². The number of aromatic nitrogens is 1. The summed E-state index contributed by atoms with van der Waals surface area (Å²) in [5.74, 6) is 0.833. The third-order valence-electron chi connectivity index (χ3n) is 5.03. The molecule has 1 N–H and O–H groups in total. The van der Waals surface area contributed by atoms with Crippen molar-refractivity contribution < 1.29 is 4.74 Å². The van der Waals surface area contributed by atoms with Gasteiger partial charge in [0.25, 0.3) is 0 Å². The van der Waals surface area contributed by atoms with Crippen molar-refractivity contribution >= 4 is 23.0 Å². The largest absolute Gasteiger partial charge is 0.497 e. The van der Waals surface area contributed by atoms with Crippen molar-refractivity contribution in [2.45, 2.75) is 19.5 Å². The number of nitrogens with one attached hydrogen (secondary N) is 1. The summed E-state index contributed by atoms with van der Waals surface area (Å²) in [6.07, 6.45) is 2.15. The van der Waals surface area contributed by atoms with Gasteiger partial charge >= 0.3 is 0 Å². The highest BCUT2D eigenvalue weighted by atomic mass is 32.1. The van der Waals surface area contributed by atoms with Crippen molar-refractivity contribution in [1.82, 2.24) is 9.47 Å². The van der Waals surface area contributed by atoms with Crippen LogP contribution in [0.4, 0.5) is 5.69 Å². The van der Waals surface area contributed by atoms with Crippen LogP contribution in [0.5, 0.6) is 5.75 Å². The second-order valence-electron chi connectivity index (χ2n) is 6.79. The van der Waals surface area contributed by atoms with E-state index in [9.17, 15) is 0 Å². The Morgan fingerprint density at radius 1 is 1.04 bits per heavy atom. The van der Waals surface area contributed by atoms with Gasteiger partial charge in [0.1, 0.15) is 5.75 Å². The number of hydrogen-bond donors (Lipinski definition) is 1. The third-order valence-corrected chi connectivity index (χ3v) is 5.37. The Morgan fingerprint density at radius 2 is 1.78 bits per heavy atom. The molecule has 2 heterocycles. The number of methoxy groups -OCH3 is 1. The molecule has 0 saturated heterocycles. The Labute approximate surface area is 165 Å². The first-order chi connectivity index (χ1) is 13.2. The van der Waals surface area contributed by atoms with E-state index in [0.29, 0.717) is 0 Å². The van der Waals surface area contributed by atoms with E-state index in [1.807, 2.05) is 24.3 Å². The van der Waals surface area contributed by atoms with Crippen molar-refractivity contribution in [2.24, 2.45) is 0 Å². The van der Waals surface area contributed by atoms with Gasteiger partial charge in [-0.05, 0) is 61.1 Å². The highest BCUT2D eigenvalue weighted by Gasteiger charge is 2.30. The Morgan fingerprint density at radius 3 is 2.48 bits per heavy atom. The van der Waals surface area contributed by atoms with Crippen molar-refractivity contribution in [1.29, 1.82) is 0 Å². The lowest BCUT2D eigenvalue weighted by Gasteiger charge is -2.39. The minimum atomic E-state index is 0.104. The molecule has 138 valence electrons. The topological polar surface area (TPSA) is 29.4 Å². The SMILES string of the molecule is COc1ccc(NC(=S)N2CCn3cccc3C2c2ccc(C)cc2)cc1. The average Bonchev–Trinajstić information content (AvgIpc) is 3.17. The number of nitrogens with zero attached hydrogens (tertiary/aromatic N) is 2. The highest BCUT2D eigenvalue weighted by Crippen LogP contribution is 2.33. The van der Waals surface area contributed by atoms with Crippen LogP contribution in [0.15, 0.2) is 66.9 Å². The minimum absolute atomic E-state index is 0.104. The first-order valence-electron chi connectivity index (χ1n) is 9.09. The molecule has 27 heavy (non-hydrogen) atoms. The summed E-state index contributed by atoms with van der Waals surface area (Å²) < 4.78 is 7.55. The van der Waals surface area contributed by atoms with E-state index in [1.165, 1.54) is 16.8 Å². The van der Waals surface area contributed by atoms with Gasteiger partial charge in [0.05, 0.1) is 13.2 Å². The Bertz CT molecular complexity index is 931. The Balaban J connectivity index is 1.63. The maximum Gasteiger partial charge on any atom is 0.174 e. The predicted molar refractivity (Wildman–Crippen MR) is 113 cm³/mol. The molecule has 4 rings (SSSR count). The van der Waals surface area contributed by atoms with Gasteiger partial charge in [0.15, 0.2) is 5.11 Å². The van der Waals surface area contributed by atoms with E-state index in [2.05, 4.69) is 64.3 Å². The van der Waals surface area contributed by atoms with Crippen molar-refractivity contribution in [3.63, 3.8) is 0 Å². The lowest BCUT2D eigenvalue weighted by Crippen LogP contribution is -2.44. The zero-order chi connectivity index (χ0) is 18.8. The number of anilines is 1. The number of aryl methyl sites for hydroxylation is 1. The van der Waals surface area contributed by atoms with Crippen molar-refractivity contribution in [2.75, 3.05) is 19.0 Å². The van der Waals surface area contributed by atoms with E-state index in [-0.39, 0.29) is 6.04 Å². The van der Waals surface area contributed by atoms with Crippen LogP contribution in [0, 0.1) is 6.92 Å². The summed E-state index contributed by atoms with van der Waals surface area (Å²) in [5, 5.41) is 4.12. The van der Waals surface area contributed by atoms with Crippen LogP contribution >= 0.6 is 12.2 Å². The van der Waals surface area contributed by atoms with Gasteiger partial charge in [0, 0.05) is 30.7 Å². The van der Waals surface area contributed by atoms with Gasteiger partial charge in [-0.2, -0.15) is 0 Å². The molecule has 3 aromatic rings. The smallest absolute Gasteiger partial charge is 0.174 e. The summed E-state index contributed by atoms with van der Waals surface area (Å²) in [6.45, 7) is 3.90. The molecule has 0 aliphatic carbocycles. The predicted octanol–water partition coefficient (Wildman–Crippen LogP) is 4.61. The zero-order valence-corrected chi connectivity index (χ0v) is 16.4. The van der Waals surface area contributed by atoms with Gasteiger partial charge in [-0.25, -0.2) is 0 Å². The van der Waals surface area contributed by atoms with Gasteiger partial charge in [-0.3, -0.25) is 0 Å². The average molecular weight is 378 g/mol. The van der Waals surface area contributed by atoms with Gasteiger partial charge < -0.3 is 19.5 Å². The summed E-state index contributed by atoms with van der Waals surface area (Å²) in [4.78, 5) is 2.28. The van der Waals surface area contributed by atoms with Gasteiger partial charge in [0.2, 0.25) is 0 Å². The number of rotatable bonds is 3. The van der Waals surface area contributed by atoms with Crippen molar-refractivity contribution in [3.05, 3.63) is 83.7 Å². The standard InChI is InChI=1S/C22H23N3OS/c1-16-5-7-17(8-6-16)21-20-4-3-13-24(20)14-15-25(21)22(27)23-18-9-11-19(26-2)12-10-18/h3-13,21H,14-15H2,1-2H3,(H,23,27). The normalized spacial score (nSPS) is 15.9. The molecule has 0 saturated carbocycles. The fraction of sp³-hybridized carbons (Fsp3) is 0.227. The lowest BCUT2D eigenvalue weighted by atomic mass is 9.99. The third kappa shape index (κ3) is 3.55. The lowest BCUT2D eigenvalue weighted by molar-refractivity contribution is 0.293. The van der Waals surface area contributed by atoms with E-state index in [4.69, 9.17) is 17.0 Å². The molecule has 5 heteroatoms. The molecule has 1 aromatic heterocycles. The number of fused-ring (bicyclic) bond motifs is 1. The second-order valence-corrected chi connectivity index (χ2v) is 7.18. The van der Waals surface area contributed by atoms with E-state index >= 15 is 0 Å². The second kappa shape index (κ2) is 7.45. The molecular formula is C22H23N3OS. The van der Waals surface area contributed by atoms with Crippen molar-refractivity contribution in [3.8, 4) is 5.75 Å². The van der Waals surface area contributed by atoms with Crippen LogP contribution in [0.2, 0.25) is 0 Å². The molecule has 1 unspecified atom stereocenters. The molecule has 0 radical (unpaired) electrons. The summed E-state index contributed by atoms with van der Waals surface area (Å²) >= 11 is 5.80. The van der Waals surface area contributed by atoms with E-state index < -0.39 is 0 Å². The number of benzene rings is 2. The Hall–Kier alpha value is -2.79. The van der Waals surface area contributed by atoms with Crippen LogP contribution < -0.4 is 10.1 Å². The zero-order valence-electron chi connectivity index (χ0n) is 15.6. The molecule has 0 bridgehead atoms. The number of hydrogen-bond acceptors (Lipinski definition) is 2. The fourth-order valence-electron chi connectivity index (χ4n) is 3.57. The molecule has 1 aliphatic heterocycles. The highest BCUT2D eigenvalue weighted by molar-refractivity contribution is 7.80. The first kappa shape index (κ1) is 17.6. The minimum Gasteiger partial charge on any atom is -0.497 e. The molecule has 4 nitrogen and oxygen atoms in total. The number of ether oxygens (including phenoxy) is 1. The maximum atomic E-state index is 5.80. The van der Waals surface area contributed by atoms with Gasteiger partial charge in [-0.1, -0.05) is 29.8 Å². The van der Waals surface area contributed by atoms with Crippen LogP contribution in [-0.4, -0.2) is 28.2 Å². The maximum absolute atomic E-state index is 5.80. The van der Waals surface area contributed by atoms with Gasteiger partial charge in [-0.15, -0.1) is 0 Å². The summed E-state index contributed by atoms with van der Waals surface area (Å²) in [5.41, 5.74) is 4.74. The summed E-state index contributed by atoms with van der Waals surface area (Å²) in [6, 6.07) is 21.0. The quantitative estimate of drug-likeness (QED) is 0.675. The van der Waals surface area contributed by atoms with Crippen LogP contribution in [-0.2, 0) is 6.54 Å². The van der Waals surface area contributed by atoms with Crippen LogP contribution in [0.1, 0.15) is 22.9 Å². The van der Waals surface area contributed by atoms with Crippen LogP contribution in [0.25, 0.3) is 0 Å². The fourth-order valence-corrected chi connectivity index (χ4v) is 3.89. The monoisotopic (exact) mass is 377 g/mol. The molecule has 2 aromatic carbocycles. The molecule has 0 fully saturated rings. The molecule has 0 spiro atoms. The molecule has 1 atom stereocenters. The molecule has 0 amide bonds.